The van der Waals surface area contributed by atoms with Crippen LogP contribution in [-0.2, 0) is 6.54 Å². The van der Waals surface area contributed by atoms with Gasteiger partial charge in [0.05, 0.1) is 24.8 Å². The van der Waals surface area contributed by atoms with Crippen molar-refractivity contribution in [1.82, 2.24) is 10.2 Å². The van der Waals surface area contributed by atoms with Crippen molar-refractivity contribution < 1.29 is 9.47 Å². The molecule has 0 aliphatic carbocycles. The Labute approximate surface area is 146 Å². The van der Waals surface area contributed by atoms with Crippen LogP contribution in [0.25, 0.3) is 0 Å². The summed E-state index contributed by atoms with van der Waals surface area (Å²) >= 11 is 6.27. The molecule has 7 heteroatoms. The normalized spacial score (nSPS) is 16.9. The van der Waals surface area contributed by atoms with Crippen LogP contribution in [0.4, 0.5) is 0 Å². The smallest absolute Gasteiger partial charge is 0.194 e. The van der Waals surface area contributed by atoms with E-state index in [4.69, 9.17) is 21.1 Å². The number of likely N-dealkylation sites (N-methyl/N-ethyl adjacent to an activating group) is 1. The second kappa shape index (κ2) is 7.40. The first-order valence-corrected chi connectivity index (χ1v) is 7.19. The minimum Gasteiger partial charge on any atom is -0.489 e. The van der Waals surface area contributed by atoms with Crippen LogP contribution in [0.15, 0.2) is 17.1 Å². The van der Waals surface area contributed by atoms with Crippen molar-refractivity contribution in [3.8, 4) is 11.5 Å². The predicted molar refractivity (Wildman–Crippen MR) is 94.2 cm³/mol. The summed E-state index contributed by atoms with van der Waals surface area (Å²) in [7, 11) is 2.03. The fourth-order valence-corrected chi connectivity index (χ4v) is 2.58. The molecule has 0 spiro atoms. The fourth-order valence-electron chi connectivity index (χ4n) is 2.29. The number of fused-ring (bicyclic) bond motifs is 1. The van der Waals surface area contributed by atoms with Crippen molar-refractivity contribution in [2.75, 3.05) is 33.4 Å². The predicted octanol–water partition coefficient (Wildman–Crippen LogP) is 2.51. The lowest BCUT2D eigenvalue weighted by Crippen LogP contribution is -2.35. The SMILES string of the molecule is CN1CCN=C1NCc1cc(Cl)c2c(c1)OCCCO2.I. The molecule has 0 atom stereocenters. The number of guanidine groups is 1. The number of nitrogens with zero attached hydrogens (tertiary/aromatic N) is 2. The molecule has 21 heavy (non-hydrogen) atoms. The van der Waals surface area contributed by atoms with Crippen molar-refractivity contribution in [3.63, 3.8) is 0 Å². The van der Waals surface area contributed by atoms with Crippen molar-refractivity contribution in [2.45, 2.75) is 13.0 Å². The molecule has 0 unspecified atom stereocenters. The number of benzene rings is 1. The quantitative estimate of drug-likeness (QED) is 0.743. The lowest BCUT2D eigenvalue weighted by atomic mass is 10.2. The second-order valence-corrected chi connectivity index (χ2v) is 5.34. The molecule has 0 saturated carbocycles. The highest BCUT2D eigenvalue weighted by Gasteiger charge is 2.16. The van der Waals surface area contributed by atoms with Crippen molar-refractivity contribution >= 4 is 41.5 Å². The van der Waals surface area contributed by atoms with Gasteiger partial charge in [-0.3, -0.25) is 4.99 Å². The van der Waals surface area contributed by atoms with Crippen molar-refractivity contribution in [2.24, 2.45) is 4.99 Å². The van der Waals surface area contributed by atoms with Gasteiger partial charge in [0.25, 0.3) is 0 Å². The maximum absolute atomic E-state index is 6.27. The van der Waals surface area contributed by atoms with Gasteiger partial charge >= 0.3 is 0 Å². The first-order valence-electron chi connectivity index (χ1n) is 6.81. The molecule has 2 aliphatic heterocycles. The zero-order valence-corrected chi connectivity index (χ0v) is 15.0. The Bertz CT molecular complexity index is 539. The van der Waals surface area contributed by atoms with Gasteiger partial charge in [-0.25, -0.2) is 0 Å². The third kappa shape index (κ3) is 3.85. The van der Waals surface area contributed by atoms with Crippen LogP contribution in [0.5, 0.6) is 11.5 Å². The molecule has 2 heterocycles. The van der Waals surface area contributed by atoms with Crippen LogP contribution in [0.3, 0.4) is 0 Å². The van der Waals surface area contributed by atoms with Crippen LogP contribution >= 0.6 is 35.6 Å². The van der Waals surface area contributed by atoms with E-state index in [2.05, 4.69) is 15.2 Å². The summed E-state index contributed by atoms with van der Waals surface area (Å²) in [4.78, 5) is 6.50. The maximum Gasteiger partial charge on any atom is 0.194 e. The van der Waals surface area contributed by atoms with Crippen LogP contribution in [0, 0.1) is 0 Å². The number of hydrogen-bond acceptors (Lipinski definition) is 5. The summed E-state index contributed by atoms with van der Waals surface area (Å²) < 4.78 is 11.3. The standard InChI is InChI=1S/C14H18ClN3O2.HI/c1-18-4-3-16-14(18)17-9-10-7-11(15)13-12(8-10)19-5-2-6-20-13;/h7-8H,2-6,9H2,1H3,(H,16,17);1H. The Morgan fingerprint density at radius 3 is 2.90 bits per heavy atom. The Kier molecular flexibility index (Phi) is 5.80. The number of ether oxygens (including phenoxy) is 2. The molecular formula is C14H19ClIN3O2. The zero-order valence-electron chi connectivity index (χ0n) is 11.9. The Balaban J connectivity index is 0.00000161. The second-order valence-electron chi connectivity index (χ2n) is 4.94. The Hall–Kier alpha value is -0.890. The van der Waals surface area contributed by atoms with E-state index in [1.165, 1.54) is 0 Å². The first-order chi connectivity index (χ1) is 9.74. The molecular weight excluding hydrogens is 405 g/mol. The molecule has 3 rings (SSSR count). The minimum atomic E-state index is 0. The van der Waals surface area contributed by atoms with Gasteiger partial charge in [-0.05, 0) is 17.7 Å². The number of halogens is 2. The molecule has 0 saturated heterocycles. The summed E-state index contributed by atoms with van der Waals surface area (Å²) in [5.74, 6) is 2.31. The summed E-state index contributed by atoms with van der Waals surface area (Å²) in [6, 6.07) is 3.90. The van der Waals surface area contributed by atoms with E-state index in [0.717, 1.165) is 36.8 Å². The first kappa shape index (κ1) is 16.5. The van der Waals surface area contributed by atoms with Gasteiger partial charge in [0, 0.05) is 26.6 Å². The van der Waals surface area contributed by atoms with E-state index in [1.807, 2.05) is 19.2 Å². The highest BCUT2D eigenvalue weighted by Crippen LogP contribution is 2.37. The lowest BCUT2D eigenvalue weighted by molar-refractivity contribution is 0.297. The highest BCUT2D eigenvalue weighted by atomic mass is 127. The maximum atomic E-state index is 6.27. The molecule has 1 N–H and O–H groups in total. The fraction of sp³-hybridized carbons (Fsp3) is 0.500. The van der Waals surface area contributed by atoms with Crippen LogP contribution < -0.4 is 14.8 Å². The topological polar surface area (TPSA) is 46.1 Å². The Morgan fingerprint density at radius 2 is 2.14 bits per heavy atom. The molecule has 0 bridgehead atoms. The molecule has 1 aromatic rings. The molecule has 2 aliphatic rings. The number of rotatable bonds is 2. The molecule has 0 aromatic heterocycles. The van der Waals surface area contributed by atoms with Gasteiger partial charge in [0.1, 0.15) is 0 Å². The average molecular weight is 424 g/mol. The average Bonchev–Trinajstić information content (AvgIpc) is 2.70. The summed E-state index contributed by atoms with van der Waals surface area (Å²) in [5.41, 5.74) is 1.06. The molecule has 0 amide bonds. The monoisotopic (exact) mass is 423 g/mol. The van der Waals surface area contributed by atoms with E-state index >= 15 is 0 Å². The van der Waals surface area contributed by atoms with Gasteiger partial charge < -0.3 is 19.7 Å². The van der Waals surface area contributed by atoms with E-state index in [9.17, 15) is 0 Å². The minimum absolute atomic E-state index is 0. The van der Waals surface area contributed by atoms with Gasteiger partial charge in [-0.2, -0.15) is 0 Å². The lowest BCUT2D eigenvalue weighted by Gasteiger charge is -2.16. The third-order valence-electron chi connectivity index (χ3n) is 3.37. The van der Waals surface area contributed by atoms with Gasteiger partial charge in [0.15, 0.2) is 17.5 Å². The van der Waals surface area contributed by atoms with E-state index in [-0.39, 0.29) is 24.0 Å². The van der Waals surface area contributed by atoms with E-state index in [0.29, 0.717) is 30.5 Å². The van der Waals surface area contributed by atoms with Gasteiger partial charge in [-0.1, -0.05) is 11.6 Å². The molecule has 0 fully saturated rings. The molecule has 116 valence electrons. The third-order valence-corrected chi connectivity index (χ3v) is 3.65. The number of hydrogen-bond donors (Lipinski definition) is 1. The van der Waals surface area contributed by atoms with Crippen molar-refractivity contribution in [3.05, 3.63) is 22.7 Å². The summed E-state index contributed by atoms with van der Waals surface area (Å²) in [5, 5.41) is 3.92. The molecule has 1 aromatic carbocycles. The molecule has 0 radical (unpaired) electrons. The zero-order chi connectivity index (χ0) is 13.9. The van der Waals surface area contributed by atoms with E-state index in [1.54, 1.807) is 0 Å². The highest BCUT2D eigenvalue weighted by molar-refractivity contribution is 14.0. The van der Waals surface area contributed by atoms with Crippen LogP contribution in [-0.4, -0.2) is 44.2 Å². The summed E-state index contributed by atoms with van der Waals surface area (Å²) in [6.45, 7) is 3.78. The van der Waals surface area contributed by atoms with E-state index < -0.39 is 0 Å². The van der Waals surface area contributed by atoms with Gasteiger partial charge in [-0.15, -0.1) is 24.0 Å². The van der Waals surface area contributed by atoms with Crippen molar-refractivity contribution in [1.29, 1.82) is 0 Å². The van der Waals surface area contributed by atoms with Crippen LogP contribution in [0.1, 0.15) is 12.0 Å². The number of aliphatic imine (C=N–C) groups is 1. The molecule has 5 nitrogen and oxygen atoms in total. The van der Waals surface area contributed by atoms with Gasteiger partial charge in [0.2, 0.25) is 0 Å². The van der Waals surface area contributed by atoms with Crippen LogP contribution in [0.2, 0.25) is 5.02 Å². The summed E-state index contributed by atoms with van der Waals surface area (Å²) in [6.07, 6.45) is 0.875. The Morgan fingerprint density at radius 1 is 1.33 bits per heavy atom. The number of nitrogens with one attached hydrogen (secondary N) is 1. The largest absolute Gasteiger partial charge is 0.489 e.